The minimum absolute atomic E-state index is 0.00440. The van der Waals surface area contributed by atoms with Gasteiger partial charge in [0.05, 0.1) is 31.3 Å². The van der Waals surface area contributed by atoms with Gasteiger partial charge in [0, 0.05) is 16.0 Å². The number of ether oxygens (including phenoxy) is 3. The van der Waals surface area contributed by atoms with Crippen LogP contribution in [0.5, 0.6) is 17.2 Å². The summed E-state index contributed by atoms with van der Waals surface area (Å²) in [6.07, 6.45) is 1.16. The molecule has 0 saturated heterocycles. The predicted octanol–water partition coefficient (Wildman–Crippen LogP) is 4.42. The van der Waals surface area contributed by atoms with E-state index in [0.717, 1.165) is 10.9 Å². The van der Waals surface area contributed by atoms with Gasteiger partial charge in [0.1, 0.15) is 5.82 Å². The maximum atomic E-state index is 13.3. The molecule has 0 bridgehead atoms. The number of benzene rings is 2. The van der Waals surface area contributed by atoms with E-state index < -0.39 is 12.1 Å². The van der Waals surface area contributed by atoms with Crippen molar-refractivity contribution < 1.29 is 24.1 Å². The Balaban J connectivity index is 2.13. The molecule has 2 aromatic carbocycles. The molecule has 0 amide bonds. The summed E-state index contributed by atoms with van der Waals surface area (Å²) in [6.45, 7) is 5.41. The van der Waals surface area contributed by atoms with Crippen LogP contribution >= 0.6 is 15.9 Å². The average Bonchev–Trinajstić information content (AvgIpc) is 2.83. The van der Waals surface area contributed by atoms with Crippen LogP contribution in [-0.4, -0.2) is 47.3 Å². The minimum atomic E-state index is -1.12. The summed E-state index contributed by atoms with van der Waals surface area (Å²) in [5.74, 6) is 0.116. The van der Waals surface area contributed by atoms with Crippen molar-refractivity contribution in [3.8, 4) is 17.2 Å². The highest BCUT2D eigenvalue weighted by Gasteiger charge is 2.21. The molecular formula is C24H26BrN3O6. The maximum Gasteiger partial charge on any atom is 0.344 e. The molecule has 3 aromatic rings. The molecule has 9 nitrogen and oxygen atoms in total. The lowest BCUT2D eigenvalue weighted by Gasteiger charge is -2.17. The molecule has 0 aliphatic heterocycles. The zero-order valence-corrected chi connectivity index (χ0v) is 21.1. The van der Waals surface area contributed by atoms with Gasteiger partial charge in [-0.05, 0) is 43.7 Å². The largest absolute Gasteiger partial charge is 0.493 e. The standard InChI is InChI=1S/C24H26BrN3O6/c1-6-13(2)22-27-18-8-7-16(25)11-17(18)23(29)28(22)26-12-15-9-19(32-4)21(20(10-15)33-5)34-14(3)24(30)31/h7-14H,6H2,1-5H3,(H,30,31)/t13-,14-/m1/s1. The zero-order valence-electron chi connectivity index (χ0n) is 19.5. The Labute approximate surface area is 205 Å². The number of carbonyl (C=O) groups is 1. The lowest BCUT2D eigenvalue weighted by Crippen LogP contribution is -2.24. The van der Waals surface area contributed by atoms with Gasteiger partial charge in [0.2, 0.25) is 5.75 Å². The quantitative estimate of drug-likeness (QED) is 0.406. The summed E-state index contributed by atoms with van der Waals surface area (Å²) in [5.41, 5.74) is 0.875. The summed E-state index contributed by atoms with van der Waals surface area (Å²) < 4.78 is 18.4. The zero-order chi connectivity index (χ0) is 25.0. The smallest absolute Gasteiger partial charge is 0.344 e. The van der Waals surface area contributed by atoms with Crippen molar-refractivity contribution in [2.45, 2.75) is 39.2 Å². The van der Waals surface area contributed by atoms with Gasteiger partial charge in [0.15, 0.2) is 17.6 Å². The highest BCUT2D eigenvalue weighted by molar-refractivity contribution is 9.10. The van der Waals surface area contributed by atoms with Gasteiger partial charge >= 0.3 is 5.97 Å². The van der Waals surface area contributed by atoms with Crippen molar-refractivity contribution in [2.24, 2.45) is 5.10 Å². The molecule has 3 rings (SSSR count). The molecule has 34 heavy (non-hydrogen) atoms. The van der Waals surface area contributed by atoms with Crippen LogP contribution in [0.4, 0.5) is 0 Å². The third kappa shape index (κ3) is 5.22. The van der Waals surface area contributed by atoms with Crippen molar-refractivity contribution in [1.82, 2.24) is 9.66 Å². The van der Waals surface area contributed by atoms with E-state index in [2.05, 4.69) is 21.0 Å². The van der Waals surface area contributed by atoms with Gasteiger partial charge in [-0.2, -0.15) is 9.78 Å². The number of hydrogen-bond donors (Lipinski definition) is 1. The Morgan fingerprint density at radius 1 is 1.21 bits per heavy atom. The number of halogens is 1. The van der Waals surface area contributed by atoms with E-state index in [1.165, 1.54) is 32.0 Å². The van der Waals surface area contributed by atoms with Crippen LogP contribution in [-0.2, 0) is 4.79 Å². The van der Waals surface area contributed by atoms with E-state index in [4.69, 9.17) is 19.2 Å². The maximum absolute atomic E-state index is 13.3. The number of methoxy groups -OCH3 is 2. The molecule has 1 aromatic heterocycles. The van der Waals surface area contributed by atoms with Gasteiger partial charge in [-0.15, -0.1) is 0 Å². The molecule has 0 aliphatic carbocycles. The first-order valence-electron chi connectivity index (χ1n) is 10.6. The Kier molecular flexibility index (Phi) is 7.93. The van der Waals surface area contributed by atoms with E-state index >= 15 is 0 Å². The van der Waals surface area contributed by atoms with Crippen LogP contribution in [0.1, 0.15) is 44.5 Å². The molecule has 1 N–H and O–H groups in total. The lowest BCUT2D eigenvalue weighted by molar-refractivity contribution is -0.144. The Hall–Kier alpha value is -3.40. The Bertz CT molecular complexity index is 1280. The highest BCUT2D eigenvalue weighted by Crippen LogP contribution is 2.39. The number of rotatable bonds is 9. The fourth-order valence-corrected chi connectivity index (χ4v) is 3.58. The van der Waals surface area contributed by atoms with Crippen molar-refractivity contribution >= 4 is 39.0 Å². The number of aliphatic carboxylic acids is 1. The summed E-state index contributed by atoms with van der Waals surface area (Å²) in [4.78, 5) is 29.2. The first-order chi connectivity index (χ1) is 16.2. The minimum Gasteiger partial charge on any atom is -0.493 e. The normalized spacial score (nSPS) is 13.1. The van der Waals surface area contributed by atoms with Crippen LogP contribution in [0.25, 0.3) is 10.9 Å². The fraction of sp³-hybridized carbons (Fsp3) is 0.333. The second kappa shape index (κ2) is 10.7. The fourth-order valence-electron chi connectivity index (χ4n) is 3.22. The first-order valence-corrected chi connectivity index (χ1v) is 11.4. The summed E-state index contributed by atoms with van der Waals surface area (Å²) in [7, 11) is 2.87. The number of hydrogen-bond acceptors (Lipinski definition) is 7. The first kappa shape index (κ1) is 25.2. The van der Waals surface area contributed by atoms with Crippen molar-refractivity contribution in [3.63, 3.8) is 0 Å². The van der Waals surface area contributed by atoms with Gasteiger partial charge in [-0.1, -0.05) is 29.8 Å². The van der Waals surface area contributed by atoms with E-state index in [1.807, 2.05) is 19.9 Å². The number of fused-ring (bicyclic) bond motifs is 1. The molecule has 0 fully saturated rings. The number of nitrogens with zero attached hydrogens (tertiary/aromatic N) is 3. The Morgan fingerprint density at radius 3 is 2.41 bits per heavy atom. The summed E-state index contributed by atoms with van der Waals surface area (Å²) >= 11 is 3.40. The topological polar surface area (TPSA) is 112 Å². The van der Waals surface area contributed by atoms with Crippen LogP contribution in [0.3, 0.4) is 0 Å². The van der Waals surface area contributed by atoms with Gasteiger partial charge in [0.25, 0.3) is 5.56 Å². The molecule has 10 heteroatoms. The van der Waals surface area contributed by atoms with E-state index in [1.54, 1.807) is 24.3 Å². The second-order valence-electron chi connectivity index (χ2n) is 7.66. The summed E-state index contributed by atoms with van der Waals surface area (Å²) in [5, 5.41) is 14.1. The van der Waals surface area contributed by atoms with Crippen LogP contribution in [0.15, 0.2) is 44.7 Å². The number of aromatic nitrogens is 2. The average molecular weight is 532 g/mol. The number of carboxylic acids is 1. The van der Waals surface area contributed by atoms with Crippen LogP contribution < -0.4 is 19.8 Å². The van der Waals surface area contributed by atoms with E-state index in [9.17, 15) is 14.7 Å². The van der Waals surface area contributed by atoms with Gasteiger partial charge in [-0.3, -0.25) is 4.79 Å². The third-order valence-corrected chi connectivity index (χ3v) is 5.83. The Morgan fingerprint density at radius 2 is 1.85 bits per heavy atom. The van der Waals surface area contributed by atoms with Crippen molar-refractivity contribution in [2.75, 3.05) is 14.2 Å². The van der Waals surface area contributed by atoms with Gasteiger partial charge in [-0.25, -0.2) is 9.78 Å². The van der Waals surface area contributed by atoms with Crippen LogP contribution in [0, 0.1) is 0 Å². The third-order valence-electron chi connectivity index (χ3n) is 5.33. The van der Waals surface area contributed by atoms with Crippen molar-refractivity contribution in [1.29, 1.82) is 0 Å². The molecule has 0 radical (unpaired) electrons. The molecular weight excluding hydrogens is 506 g/mol. The van der Waals surface area contributed by atoms with Gasteiger partial charge < -0.3 is 19.3 Å². The molecule has 1 heterocycles. The lowest BCUT2D eigenvalue weighted by atomic mass is 10.1. The predicted molar refractivity (Wildman–Crippen MR) is 133 cm³/mol. The molecule has 0 spiro atoms. The number of carboxylic acid groups (broad SMARTS) is 1. The molecule has 180 valence electrons. The summed E-state index contributed by atoms with van der Waals surface area (Å²) in [6, 6.07) is 8.60. The monoisotopic (exact) mass is 531 g/mol. The van der Waals surface area contributed by atoms with E-state index in [0.29, 0.717) is 22.3 Å². The van der Waals surface area contributed by atoms with Crippen LogP contribution in [0.2, 0.25) is 0 Å². The molecule has 0 aliphatic rings. The van der Waals surface area contributed by atoms with Crippen molar-refractivity contribution in [3.05, 3.63) is 56.5 Å². The molecule has 0 saturated carbocycles. The molecule has 2 atom stereocenters. The highest BCUT2D eigenvalue weighted by atomic mass is 79.9. The molecule has 0 unspecified atom stereocenters. The second-order valence-corrected chi connectivity index (χ2v) is 8.57. The van der Waals surface area contributed by atoms with E-state index in [-0.39, 0.29) is 28.7 Å². The SMILES string of the molecule is CC[C@@H](C)c1nc2ccc(Br)cc2c(=O)n1N=Cc1cc(OC)c(O[C@H](C)C(=O)O)c(OC)c1.